The van der Waals surface area contributed by atoms with Gasteiger partial charge in [0.1, 0.15) is 5.82 Å². The molecule has 0 fully saturated rings. The van der Waals surface area contributed by atoms with Crippen molar-refractivity contribution in [2.24, 2.45) is 0 Å². The number of rotatable bonds is 3. The van der Waals surface area contributed by atoms with Crippen LogP contribution >= 0.6 is 11.8 Å². The van der Waals surface area contributed by atoms with Gasteiger partial charge < -0.3 is 10.2 Å². The number of benzene rings is 3. The van der Waals surface area contributed by atoms with Crippen LogP contribution in [0.15, 0.2) is 70.5 Å². The van der Waals surface area contributed by atoms with Crippen LogP contribution in [0.4, 0.5) is 15.8 Å². The number of carbonyl (C=O) groups is 2. The Morgan fingerprint density at radius 2 is 1.86 bits per heavy atom. The normalized spacial score (nSPS) is 12.8. The average Bonchev–Trinajstić information content (AvgIpc) is 2.83. The van der Waals surface area contributed by atoms with Gasteiger partial charge in [0, 0.05) is 27.6 Å². The summed E-state index contributed by atoms with van der Waals surface area (Å²) in [6.45, 7) is 4.12. The van der Waals surface area contributed by atoms with Crippen molar-refractivity contribution in [3.63, 3.8) is 0 Å². The van der Waals surface area contributed by atoms with Gasteiger partial charge in [0.25, 0.3) is 11.8 Å². The first kappa shape index (κ1) is 19.2. The first-order valence-corrected chi connectivity index (χ1v) is 10.1. The van der Waals surface area contributed by atoms with Crippen molar-refractivity contribution in [2.75, 3.05) is 16.8 Å². The standard InChI is InChI=1S/C23H19FN2O2S/c1-3-26-19-11-10-16(25-22(27)15-9-8-14(2)18(24)12-15)13-21(19)29-20-7-5-4-6-17(20)23(26)28/h4-13H,3H2,1-2H3,(H,25,27). The van der Waals surface area contributed by atoms with Crippen LogP contribution in [0.2, 0.25) is 0 Å². The number of carbonyl (C=O) groups excluding carboxylic acids is 2. The largest absolute Gasteiger partial charge is 0.322 e. The third kappa shape index (κ3) is 3.63. The van der Waals surface area contributed by atoms with Crippen molar-refractivity contribution in [3.05, 3.63) is 83.2 Å². The lowest BCUT2D eigenvalue weighted by Crippen LogP contribution is -2.30. The molecule has 3 aromatic rings. The minimum Gasteiger partial charge on any atom is -0.322 e. The summed E-state index contributed by atoms with van der Waals surface area (Å²) in [5.74, 6) is -0.837. The van der Waals surface area contributed by atoms with E-state index in [1.165, 1.54) is 17.8 Å². The summed E-state index contributed by atoms with van der Waals surface area (Å²) in [7, 11) is 0. The summed E-state index contributed by atoms with van der Waals surface area (Å²) in [6.07, 6.45) is 0. The van der Waals surface area contributed by atoms with Crippen molar-refractivity contribution in [1.82, 2.24) is 0 Å². The van der Waals surface area contributed by atoms with Gasteiger partial charge in [0.05, 0.1) is 11.3 Å². The Bertz CT molecular complexity index is 1130. The molecule has 1 N–H and O–H groups in total. The molecule has 29 heavy (non-hydrogen) atoms. The summed E-state index contributed by atoms with van der Waals surface area (Å²) in [6, 6.07) is 17.4. The molecule has 0 saturated carbocycles. The Labute approximate surface area is 172 Å². The maximum atomic E-state index is 13.8. The lowest BCUT2D eigenvalue weighted by atomic mass is 10.1. The third-order valence-electron chi connectivity index (χ3n) is 4.84. The molecule has 0 atom stereocenters. The molecule has 0 bridgehead atoms. The molecule has 1 heterocycles. The predicted molar refractivity (Wildman–Crippen MR) is 113 cm³/mol. The molecule has 4 nitrogen and oxygen atoms in total. The highest BCUT2D eigenvalue weighted by atomic mass is 32.2. The van der Waals surface area contributed by atoms with Crippen LogP contribution in [0.25, 0.3) is 0 Å². The van der Waals surface area contributed by atoms with Crippen LogP contribution in [0.5, 0.6) is 0 Å². The zero-order valence-corrected chi connectivity index (χ0v) is 16.8. The molecule has 0 saturated heterocycles. The number of amides is 2. The summed E-state index contributed by atoms with van der Waals surface area (Å²) < 4.78 is 13.8. The third-order valence-corrected chi connectivity index (χ3v) is 5.96. The van der Waals surface area contributed by atoms with Gasteiger partial charge in [-0.05, 0) is 61.9 Å². The zero-order valence-electron chi connectivity index (χ0n) is 16.0. The SMILES string of the molecule is CCN1C(=O)c2ccccc2Sc2cc(NC(=O)c3ccc(C)c(F)c3)ccc21. The van der Waals surface area contributed by atoms with E-state index in [1.807, 2.05) is 43.3 Å². The number of nitrogens with one attached hydrogen (secondary N) is 1. The number of fused-ring (bicyclic) bond motifs is 2. The molecule has 2 amide bonds. The van der Waals surface area contributed by atoms with Crippen LogP contribution in [-0.2, 0) is 0 Å². The number of hydrogen-bond acceptors (Lipinski definition) is 3. The van der Waals surface area contributed by atoms with Crippen molar-refractivity contribution in [2.45, 2.75) is 23.6 Å². The summed E-state index contributed by atoms with van der Waals surface area (Å²) in [5.41, 5.74) is 2.80. The van der Waals surface area contributed by atoms with Gasteiger partial charge in [-0.3, -0.25) is 9.59 Å². The van der Waals surface area contributed by atoms with E-state index in [2.05, 4.69) is 5.32 Å². The highest BCUT2D eigenvalue weighted by Crippen LogP contribution is 2.42. The van der Waals surface area contributed by atoms with E-state index in [4.69, 9.17) is 0 Å². The fourth-order valence-electron chi connectivity index (χ4n) is 3.25. The second-order valence-electron chi connectivity index (χ2n) is 6.75. The van der Waals surface area contributed by atoms with Gasteiger partial charge in [-0.15, -0.1) is 0 Å². The molecule has 0 spiro atoms. The van der Waals surface area contributed by atoms with Gasteiger partial charge >= 0.3 is 0 Å². The molecular formula is C23H19FN2O2S. The quantitative estimate of drug-likeness (QED) is 0.623. The molecule has 1 aliphatic rings. The first-order valence-electron chi connectivity index (χ1n) is 9.28. The topological polar surface area (TPSA) is 49.4 Å². The van der Waals surface area contributed by atoms with Crippen LogP contribution in [-0.4, -0.2) is 18.4 Å². The highest BCUT2D eigenvalue weighted by molar-refractivity contribution is 7.99. The van der Waals surface area contributed by atoms with Crippen LogP contribution < -0.4 is 10.2 Å². The van der Waals surface area contributed by atoms with Crippen molar-refractivity contribution < 1.29 is 14.0 Å². The van der Waals surface area contributed by atoms with E-state index in [9.17, 15) is 14.0 Å². The van der Waals surface area contributed by atoms with Crippen LogP contribution in [0.1, 0.15) is 33.2 Å². The lowest BCUT2D eigenvalue weighted by molar-refractivity contribution is 0.0983. The molecule has 4 rings (SSSR count). The molecule has 0 aromatic heterocycles. The Morgan fingerprint density at radius 3 is 2.62 bits per heavy atom. The minimum absolute atomic E-state index is 0.0405. The van der Waals surface area contributed by atoms with E-state index in [-0.39, 0.29) is 17.4 Å². The number of halogens is 1. The number of nitrogens with zero attached hydrogens (tertiary/aromatic N) is 1. The maximum absolute atomic E-state index is 13.8. The molecule has 0 unspecified atom stereocenters. The fourth-order valence-corrected chi connectivity index (χ4v) is 4.37. The Balaban J connectivity index is 1.68. The summed E-state index contributed by atoms with van der Waals surface area (Å²) in [5, 5.41) is 2.82. The average molecular weight is 406 g/mol. The van der Waals surface area contributed by atoms with Gasteiger partial charge in [-0.25, -0.2) is 4.39 Å². The molecule has 0 aliphatic carbocycles. The maximum Gasteiger partial charge on any atom is 0.259 e. The number of anilines is 2. The van der Waals surface area contributed by atoms with Crippen LogP contribution in [0, 0.1) is 12.7 Å². The smallest absolute Gasteiger partial charge is 0.259 e. The predicted octanol–water partition coefficient (Wildman–Crippen LogP) is 5.52. The molecule has 146 valence electrons. The van der Waals surface area contributed by atoms with E-state index in [0.717, 1.165) is 15.5 Å². The summed E-state index contributed by atoms with van der Waals surface area (Å²) in [4.78, 5) is 29.0. The second kappa shape index (κ2) is 7.72. The van der Waals surface area contributed by atoms with Gasteiger partial charge in [0.15, 0.2) is 0 Å². The van der Waals surface area contributed by atoms with Gasteiger partial charge in [-0.2, -0.15) is 0 Å². The second-order valence-corrected chi connectivity index (χ2v) is 7.83. The Morgan fingerprint density at radius 1 is 1.07 bits per heavy atom. The van der Waals surface area contributed by atoms with Gasteiger partial charge in [0.2, 0.25) is 0 Å². The van der Waals surface area contributed by atoms with Crippen molar-refractivity contribution >= 4 is 35.0 Å². The monoisotopic (exact) mass is 406 g/mol. The lowest BCUT2D eigenvalue weighted by Gasteiger charge is -2.21. The number of hydrogen-bond donors (Lipinski definition) is 1. The minimum atomic E-state index is -0.413. The van der Waals surface area contributed by atoms with E-state index >= 15 is 0 Å². The van der Waals surface area contributed by atoms with E-state index in [1.54, 1.807) is 30.0 Å². The first-order chi connectivity index (χ1) is 14.0. The molecule has 1 aliphatic heterocycles. The van der Waals surface area contributed by atoms with Crippen molar-refractivity contribution in [3.8, 4) is 0 Å². The van der Waals surface area contributed by atoms with E-state index in [0.29, 0.717) is 23.4 Å². The molecule has 0 radical (unpaired) electrons. The molecule has 6 heteroatoms. The molecular weight excluding hydrogens is 387 g/mol. The van der Waals surface area contributed by atoms with Crippen molar-refractivity contribution in [1.29, 1.82) is 0 Å². The highest BCUT2D eigenvalue weighted by Gasteiger charge is 2.26. The van der Waals surface area contributed by atoms with E-state index < -0.39 is 5.82 Å². The molecule has 3 aromatic carbocycles. The Kier molecular flexibility index (Phi) is 5.11. The van der Waals surface area contributed by atoms with Gasteiger partial charge in [-0.1, -0.05) is 30.0 Å². The van der Waals surface area contributed by atoms with Crippen LogP contribution in [0.3, 0.4) is 0 Å². The fraction of sp³-hybridized carbons (Fsp3) is 0.130. The number of aryl methyl sites for hydroxylation is 1. The Hall–Kier alpha value is -3.12. The zero-order chi connectivity index (χ0) is 20.5. The summed E-state index contributed by atoms with van der Waals surface area (Å²) >= 11 is 1.49.